The van der Waals surface area contributed by atoms with E-state index in [0.717, 1.165) is 5.56 Å². The lowest BCUT2D eigenvalue weighted by Gasteiger charge is -2.25. The number of hydrogen-bond acceptors (Lipinski definition) is 5. The summed E-state index contributed by atoms with van der Waals surface area (Å²) < 4.78 is 10.9. The number of halogens is 1. The van der Waals surface area contributed by atoms with Crippen molar-refractivity contribution in [2.75, 3.05) is 26.9 Å². The zero-order chi connectivity index (χ0) is 24.1. The Bertz CT molecular complexity index is 1050. The van der Waals surface area contributed by atoms with Crippen LogP contribution in [0.3, 0.4) is 0 Å². The molecule has 0 saturated carbocycles. The van der Waals surface area contributed by atoms with Crippen molar-refractivity contribution in [3.05, 3.63) is 69.8 Å². The van der Waals surface area contributed by atoms with Gasteiger partial charge in [-0.05, 0) is 60.7 Å². The molecule has 1 aliphatic rings. The van der Waals surface area contributed by atoms with Crippen LogP contribution in [0.2, 0.25) is 5.02 Å². The molecular formula is C26H30ClNO5. The average Bonchev–Trinajstić information content (AvgIpc) is 3.03. The van der Waals surface area contributed by atoms with Crippen LogP contribution in [0.25, 0.3) is 5.76 Å². The Morgan fingerprint density at radius 2 is 1.85 bits per heavy atom. The van der Waals surface area contributed by atoms with Crippen LogP contribution in [0.5, 0.6) is 5.75 Å². The molecule has 176 valence electrons. The van der Waals surface area contributed by atoms with E-state index in [2.05, 4.69) is 13.8 Å². The second kappa shape index (κ2) is 10.9. The van der Waals surface area contributed by atoms with Crippen molar-refractivity contribution >= 4 is 29.1 Å². The molecule has 6 nitrogen and oxygen atoms in total. The first-order valence-electron chi connectivity index (χ1n) is 11.0. The minimum absolute atomic E-state index is 0.0682. The van der Waals surface area contributed by atoms with Crippen molar-refractivity contribution in [2.45, 2.75) is 33.2 Å². The van der Waals surface area contributed by atoms with Gasteiger partial charge in [0.15, 0.2) is 0 Å². The van der Waals surface area contributed by atoms with E-state index < -0.39 is 17.7 Å². The lowest BCUT2D eigenvalue weighted by Crippen LogP contribution is -2.31. The number of carbonyl (C=O) groups is 2. The molecule has 1 amide bonds. The first kappa shape index (κ1) is 24.8. The van der Waals surface area contributed by atoms with Crippen molar-refractivity contribution in [3.8, 4) is 5.75 Å². The third-order valence-electron chi connectivity index (χ3n) is 5.51. The van der Waals surface area contributed by atoms with E-state index in [0.29, 0.717) is 54.0 Å². The molecule has 1 aliphatic heterocycles. The van der Waals surface area contributed by atoms with Gasteiger partial charge in [0.25, 0.3) is 11.7 Å². The second-order valence-corrected chi connectivity index (χ2v) is 9.01. The summed E-state index contributed by atoms with van der Waals surface area (Å²) in [5.41, 5.74) is 2.00. The third kappa shape index (κ3) is 5.57. The van der Waals surface area contributed by atoms with Crippen molar-refractivity contribution in [1.29, 1.82) is 0 Å². The number of aryl methyl sites for hydroxylation is 1. The summed E-state index contributed by atoms with van der Waals surface area (Å²) in [6.07, 6.45) is 0.564. The highest BCUT2D eigenvalue weighted by Crippen LogP contribution is 2.40. The highest BCUT2D eigenvalue weighted by molar-refractivity contribution is 6.46. The van der Waals surface area contributed by atoms with E-state index in [1.54, 1.807) is 43.5 Å². The molecule has 1 atom stereocenters. The van der Waals surface area contributed by atoms with Crippen LogP contribution in [0.4, 0.5) is 0 Å². The van der Waals surface area contributed by atoms with Crippen LogP contribution in [-0.4, -0.2) is 48.6 Å². The topological polar surface area (TPSA) is 76.1 Å². The van der Waals surface area contributed by atoms with Gasteiger partial charge < -0.3 is 19.5 Å². The Morgan fingerprint density at radius 3 is 2.45 bits per heavy atom. The summed E-state index contributed by atoms with van der Waals surface area (Å²) in [7, 11) is 1.59. The highest BCUT2D eigenvalue weighted by atomic mass is 35.5. The van der Waals surface area contributed by atoms with E-state index in [-0.39, 0.29) is 11.3 Å². The first-order chi connectivity index (χ1) is 15.7. The summed E-state index contributed by atoms with van der Waals surface area (Å²) in [6, 6.07) is 11.5. The number of hydrogen-bond donors (Lipinski definition) is 1. The number of amides is 1. The Morgan fingerprint density at radius 1 is 1.15 bits per heavy atom. The quantitative estimate of drug-likeness (QED) is 0.237. The summed E-state index contributed by atoms with van der Waals surface area (Å²) >= 11 is 6.05. The fourth-order valence-electron chi connectivity index (χ4n) is 3.88. The normalized spacial score (nSPS) is 17.8. The largest absolute Gasteiger partial charge is 0.507 e. The summed E-state index contributed by atoms with van der Waals surface area (Å²) in [5, 5.41) is 11.8. The maximum Gasteiger partial charge on any atom is 0.295 e. The number of likely N-dealkylation sites (tertiary alicyclic amines) is 1. The number of rotatable bonds is 9. The SMILES string of the molecule is COCCCN1C(=O)C(=O)/C(=C(/O)c2ccc(OCC(C)C)cc2C)C1c1ccc(Cl)cc1. The predicted molar refractivity (Wildman–Crippen MR) is 128 cm³/mol. The van der Waals surface area contributed by atoms with E-state index in [1.807, 2.05) is 13.0 Å². The Kier molecular flexibility index (Phi) is 8.16. The molecule has 1 heterocycles. The molecule has 0 spiro atoms. The fourth-order valence-corrected chi connectivity index (χ4v) is 4.01. The lowest BCUT2D eigenvalue weighted by atomic mass is 9.94. The number of ketones is 1. The second-order valence-electron chi connectivity index (χ2n) is 8.57. The van der Waals surface area contributed by atoms with Crippen molar-refractivity contribution in [2.24, 2.45) is 5.92 Å². The third-order valence-corrected chi connectivity index (χ3v) is 5.76. The molecule has 1 unspecified atom stereocenters. The zero-order valence-electron chi connectivity index (χ0n) is 19.4. The number of aliphatic hydroxyl groups excluding tert-OH is 1. The smallest absolute Gasteiger partial charge is 0.295 e. The maximum absolute atomic E-state index is 13.1. The van der Waals surface area contributed by atoms with E-state index in [4.69, 9.17) is 21.1 Å². The highest BCUT2D eigenvalue weighted by Gasteiger charge is 2.45. The molecule has 7 heteroatoms. The minimum atomic E-state index is -0.713. The Hall–Kier alpha value is -2.83. The summed E-state index contributed by atoms with van der Waals surface area (Å²) in [4.78, 5) is 27.5. The summed E-state index contributed by atoms with van der Waals surface area (Å²) in [6.45, 7) is 7.32. The number of ether oxygens (including phenoxy) is 2. The number of Topliss-reactive ketones (excluding diaryl/α,β-unsaturated/α-hetero) is 1. The van der Waals surface area contributed by atoms with Crippen molar-refractivity contribution in [1.82, 2.24) is 4.90 Å². The molecule has 0 bridgehead atoms. The van der Waals surface area contributed by atoms with Gasteiger partial charge in [0.2, 0.25) is 0 Å². The molecule has 3 rings (SSSR count). The molecule has 0 aliphatic carbocycles. The number of benzene rings is 2. The minimum Gasteiger partial charge on any atom is -0.507 e. The summed E-state index contributed by atoms with van der Waals surface area (Å²) in [5.74, 6) is -0.471. The molecule has 1 fully saturated rings. The van der Waals surface area contributed by atoms with Crippen LogP contribution in [0.15, 0.2) is 48.0 Å². The molecule has 2 aromatic carbocycles. The van der Waals surface area contributed by atoms with Gasteiger partial charge in [-0.15, -0.1) is 0 Å². The molecule has 1 N–H and O–H groups in total. The van der Waals surface area contributed by atoms with Crippen LogP contribution in [-0.2, 0) is 14.3 Å². The van der Waals surface area contributed by atoms with Gasteiger partial charge in [-0.3, -0.25) is 9.59 Å². The maximum atomic E-state index is 13.1. The van der Waals surface area contributed by atoms with Crippen LogP contribution >= 0.6 is 11.6 Å². The molecule has 33 heavy (non-hydrogen) atoms. The van der Waals surface area contributed by atoms with Gasteiger partial charge in [0.05, 0.1) is 18.2 Å². The van der Waals surface area contributed by atoms with Crippen molar-refractivity contribution in [3.63, 3.8) is 0 Å². The van der Waals surface area contributed by atoms with E-state index in [9.17, 15) is 14.7 Å². The van der Waals surface area contributed by atoms with Crippen LogP contribution in [0, 0.1) is 12.8 Å². The zero-order valence-corrected chi connectivity index (χ0v) is 20.2. The van der Waals surface area contributed by atoms with Crippen LogP contribution in [0.1, 0.15) is 43.0 Å². The Labute approximate surface area is 199 Å². The van der Waals surface area contributed by atoms with E-state index >= 15 is 0 Å². The number of methoxy groups -OCH3 is 1. The van der Waals surface area contributed by atoms with Gasteiger partial charge in [0.1, 0.15) is 11.5 Å². The van der Waals surface area contributed by atoms with Gasteiger partial charge in [-0.25, -0.2) is 0 Å². The molecular weight excluding hydrogens is 442 g/mol. The van der Waals surface area contributed by atoms with Gasteiger partial charge >= 0.3 is 0 Å². The Balaban J connectivity index is 2.05. The monoisotopic (exact) mass is 471 g/mol. The number of carbonyl (C=O) groups excluding carboxylic acids is 2. The number of aliphatic hydroxyl groups is 1. The first-order valence-corrected chi connectivity index (χ1v) is 11.4. The van der Waals surface area contributed by atoms with Gasteiger partial charge in [-0.2, -0.15) is 0 Å². The van der Waals surface area contributed by atoms with Gasteiger partial charge in [0, 0.05) is 30.8 Å². The lowest BCUT2D eigenvalue weighted by molar-refractivity contribution is -0.140. The molecule has 0 aromatic heterocycles. The number of nitrogens with zero attached hydrogens (tertiary/aromatic N) is 1. The fraction of sp³-hybridized carbons (Fsp3) is 0.385. The molecule has 1 saturated heterocycles. The average molecular weight is 472 g/mol. The standard InChI is InChI=1S/C26H30ClNO5/c1-16(2)15-33-20-10-11-21(17(3)14-20)24(29)22-23(18-6-8-19(27)9-7-18)28(12-5-13-32-4)26(31)25(22)30/h6-11,14,16,23,29H,5,12-13,15H2,1-4H3/b24-22+. The van der Waals surface area contributed by atoms with Crippen LogP contribution < -0.4 is 4.74 Å². The molecule has 0 radical (unpaired) electrons. The van der Waals surface area contributed by atoms with E-state index in [1.165, 1.54) is 4.90 Å². The van der Waals surface area contributed by atoms with Gasteiger partial charge in [-0.1, -0.05) is 37.6 Å². The van der Waals surface area contributed by atoms with Crippen molar-refractivity contribution < 1.29 is 24.2 Å². The molecule has 2 aromatic rings. The predicted octanol–water partition coefficient (Wildman–Crippen LogP) is 5.14.